The van der Waals surface area contributed by atoms with E-state index < -0.39 is 11.9 Å². The van der Waals surface area contributed by atoms with Crippen molar-refractivity contribution in [2.45, 2.75) is 8.68 Å². The predicted molar refractivity (Wildman–Crippen MR) is 134 cm³/mol. The van der Waals surface area contributed by atoms with Crippen molar-refractivity contribution in [2.24, 2.45) is 0 Å². The van der Waals surface area contributed by atoms with Gasteiger partial charge in [-0.2, -0.15) is 0 Å². The molecule has 0 aliphatic rings. The van der Waals surface area contributed by atoms with Crippen molar-refractivity contribution in [1.82, 2.24) is 10.2 Å². The summed E-state index contributed by atoms with van der Waals surface area (Å²) in [4.78, 5) is 47.3. The number of carbonyl (C=O) groups excluding carboxylic acids is 4. The minimum Gasteiger partial charge on any atom is -0.465 e. The summed E-state index contributed by atoms with van der Waals surface area (Å²) >= 11 is 3.75. The van der Waals surface area contributed by atoms with Crippen LogP contribution in [-0.4, -0.2) is 59.7 Å². The SMILES string of the molecule is COC(=O)c1ccc(NC(=O)CSc2nnc(SCC(=O)Nc3ccc(C(=O)OC)cc3)s2)cc1. The van der Waals surface area contributed by atoms with Crippen molar-refractivity contribution < 1.29 is 28.7 Å². The van der Waals surface area contributed by atoms with Gasteiger partial charge in [0.15, 0.2) is 8.68 Å². The molecule has 1 heterocycles. The minimum atomic E-state index is -0.449. The number of esters is 2. The van der Waals surface area contributed by atoms with Crippen molar-refractivity contribution in [2.75, 3.05) is 36.4 Å². The third kappa shape index (κ3) is 8.09. The highest BCUT2D eigenvalue weighted by atomic mass is 32.2. The van der Waals surface area contributed by atoms with Gasteiger partial charge in [-0.05, 0) is 48.5 Å². The fourth-order valence-corrected chi connectivity index (χ4v) is 5.20. The number of nitrogens with one attached hydrogen (secondary N) is 2. The number of benzene rings is 2. The van der Waals surface area contributed by atoms with Crippen molar-refractivity contribution in [3.05, 3.63) is 59.7 Å². The van der Waals surface area contributed by atoms with Crippen molar-refractivity contribution in [3.63, 3.8) is 0 Å². The smallest absolute Gasteiger partial charge is 0.337 e. The molecule has 10 nitrogen and oxygen atoms in total. The summed E-state index contributed by atoms with van der Waals surface area (Å²) in [6.45, 7) is 0. The highest BCUT2D eigenvalue weighted by molar-refractivity contribution is 8.03. The van der Waals surface area contributed by atoms with Gasteiger partial charge in [-0.15, -0.1) is 10.2 Å². The zero-order chi connectivity index (χ0) is 25.2. The van der Waals surface area contributed by atoms with Gasteiger partial charge in [0.1, 0.15) is 0 Å². The number of hydrogen-bond acceptors (Lipinski definition) is 11. The summed E-state index contributed by atoms with van der Waals surface area (Å²) < 4.78 is 10.5. The van der Waals surface area contributed by atoms with E-state index >= 15 is 0 Å². The van der Waals surface area contributed by atoms with E-state index in [9.17, 15) is 19.2 Å². The van der Waals surface area contributed by atoms with Crippen molar-refractivity contribution >= 4 is 70.0 Å². The molecular formula is C22H20N4O6S3. The van der Waals surface area contributed by atoms with Crippen LogP contribution in [0.5, 0.6) is 0 Å². The highest BCUT2D eigenvalue weighted by Gasteiger charge is 2.12. The number of ether oxygens (including phenoxy) is 2. The molecule has 1 aromatic heterocycles. The number of hydrogen-bond donors (Lipinski definition) is 2. The molecular weight excluding hydrogens is 512 g/mol. The minimum absolute atomic E-state index is 0.125. The van der Waals surface area contributed by atoms with Crippen LogP contribution >= 0.6 is 34.9 Å². The van der Waals surface area contributed by atoms with Gasteiger partial charge in [-0.3, -0.25) is 9.59 Å². The van der Waals surface area contributed by atoms with Gasteiger partial charge in [0.2, 0.25) is 11.8 Å². The maximum Gasteiger partial charge on any atom is 0.337 e. The largest absolute Gasteiger partial charge is 0.465 e. The molecule has 0 radical (unpaired) electrons. The molecule has 0 spiro atoms. The molecule has 182 valence electrons. The number of aromatic nitrogens is 2. The van der Waals surface area contributed by atoms with Gasteiger partial charge >= 0.3 is 11.9 Å². The molecule has 2 aromatic carbocycles. The molecule has 3 aromatic rings. The molecule has 0 saturated carbocycles. The van der Waals surface area contributed by atoms with E-state index in [1.54, 1.807) is 48.5 Å². The van der Waals surface area contributed by atoms with Crippen molar-refractivity contribution in [3.8, 4) is 0 Å². The Morgan fingerprint density at radius 1 is 0.714 bits per heavy atom. The van der Waals surface area contributed by atoms with Gasteiger partial charge < -0.3 is 20.1 Å². The number of amides is 2. The molecule has 2 N–H and O–H groups in total. The molecule has 13 heteroatoms. The van der Waals surface area contributed by atoms with Crippen LogP contribution in [0.4, 0.5) is 11.4 Å². The van der Waals surface area contributed by atoms with Crippen LogP contribution in [-0.2, 0) is 19.1 Å². The molecule has 0 bridgehead atoms. The Kier molecular flexibility index (Phi) is 9.64. The fourth-order valence-electron chi connectivity index (χ4n) is 2.58. The van der Waals surface area contributed by atoms with Crippen molar-refractivity contribution in [1.29, 1.82) is 0 Å². The third-order valence-electron chi connectivity index (χ3n) is 4.22. The number of thioether (sulfide) groups is 2. The Labute approximate surface area is 213 Å². The zero-order valence-electron chi connectivity index (χ0n) is 18.6. The van der Waals surface area contributed by atoms with Gasteiger partial charge in [-0.1, -0.05) is 34.9 Å². The number of methoxy groups -OCH3 is 2. The van der Waals surface area contributed by atoms with Crippen LogP contribution in [0, 0.1) is 0 Å². The molecule has 2 amide bonds. The lowest BCUT2D eigenvalue weighted by molar-refractivity contribution is -0.114. The Morgan fingerprint density at radius 3 is 1.43 bits per heavy atom. The second-order valence-electron chi connectivity index (χ2n) is 6.65. The number of rotatable bonds is 10. The average molecular weight is 533 g/mol. The maximum absolute atomic E-state index is 12.2. The molecule has 35 heavy (non-hydrogen) atoms. The first-order valence-corrected chi connectivity index (χ1v) is 12.7. The number of carbonyl (C=O) groups is 4. The second-order valence-corrected chi connectivity index (χ2v) is 10.1. The lowest BCUT2D eigenvalue weighted by Gasteiger charge is -2.05. The average Bonchev–Trinajstić information content (AvgIpc) is 3.34. The van der Waals surface area contributed by atoms with Crippen LogP contribution in [0.15, 0.2) is 57.2 Å². The van der Waals surface area contributed by atoms with Gasteiger partial charge in [-0.25, -0.2) is 9.59 Å². The molecule has 0 aliphatic heterocycles. The summed E-state index contributed by atoms with van der Waals surface area (Å²) in [7, 11) is 2.60. The maximum atomic E-state index is 12.2. The Balaban J connectivity index is 1.40. The van der Waals surface area contributed by atoms with Gasteiger partial charge in [0.05, 0.1) is 36.9 Å². The van der Waals surface area contributed by atoms with E-state index in [0.29, 0.717) is 31.2 Å². The van der Waals surface area contributed by atoms with Gasteiger partial charge in [0, 0.05) is 11.4 Å². The van der Waals surface area contributed by atoms with E-state index in [2.05, 4.69) is 30.3 Å². The lowest BCUT2D eigenvalue weighted by atomic mass is 10.2. The first-order valence-electron chi connectivity index (χ1n) is 9.93. The number of anilines is 2. The van der Waals surface area contributed by atoms with Crippen LogP contribution < -0.4 is 10.6 Å². The van der Waals surface area contributed by atoms with Crippen LogP contribution in [0.1, 0.15) is 20.7 Å². The van der Waals surface area contributed by atoms with E-state index in [1.165, 1.54) is 49.1 Å². The summed E-state index contributed by atoms with van der Waals surface area (Å²) in [5.41, 5.74) is 1.90. The standard InChI is InChI=1S/C22H20N4O6S3/c1-31-19(29)13-3-7-15(8-4-13)23-17(27)11-33-21-25-26-22(35-21)34-12-18(28)24-16-9-5-14(6-10-16)20(30)32-2/h3-10H,11-12H2,1-2H3,(H,23,27)(H,24,28). The lowest BCUT2D eigenvalue weighted by Crippen LogP contribution is -2.14. The molecule has 0 aliphatic carbocycles. The first kappa shape index (κ1) is 26.2. The Hall–Kier alpha value is -3.42. The summed E-state index contributed by atoms with van der Waals surface area (Å²) in [5, 5.41) is 13.6. The van der Waals surface area contributed by atoms with Gasteiger partial charge in [0.25, 0.3) is 0 Å². The van der Waals surface area contributed by atoms with Crippen LogP contribution in [0.25, 0.3) is 0 Å². The van der Waals surface area contributed by atoms with Crippen LogP contribution in [0.3, 0.4) is 0 Å². The molecule has 0 atom stereocenters. The molecule has 0 fully saturated rings. The Morgan fingerprint density at radius 2 is 1.09 bits per heavy atom. The van der Waals surface area contributed by atoms with E-state index in [1.807, 2.05) is 0 Å². The van der Waals surface area contributed by atoms with Crippen LogP contribution in [0.2, 0.25) is 0 Å². The quantitative estimate of drug-likeness (QED) is 0.294. The third-order valence-corrected chi connectivity index (χ3v) is 7.41. The highest BCUT2D eigenvalue weighted by Crippen LogP contribution is 2.29. The molecule has 0 saturated heterocycles. The topological polar surface area (TPSA) is 137 Å². The Bertz CT molecular complexity index is 1110. The van der Waals surface area contributed by atoms with E-state index in [0.717, 1.165) is 0 Å². The monoisotopic (exact) mass is 532 g/mol. The zero-order valence-corrected chi connectivity index (χ0v) is 21.1. The number of nitrogens with zero attached hydrogens (tertiary/aromatic N) is 2. The first-order chi connectivity index (χ1) is 16.9. The van der Waals surface area contributed by atoms with E-state index in [-0.39, 0.29) is 23.3 Å². The summed E-state index contributed by atoms with van der Waals surface area (Å²) in [6.07, 6.45) is 0. The second kappa shape index (κ2) is 12.9. The summed E-state index contributed by atoms with van der Waals surface area (Å²) in [6, 6.07) is 12.7. The molecule has 0 unspecified atom stereocenters. The summed E-state index contributed by atoms with van der Waals surface area (Å²) in [5.74, 6) is -1.11. The normalized spacial score (nSPS) is 10.3. The predicted octanol–water partition coefficient (Wildman–Crippen LogP) is 3.57. The fraction of sp³-hybridized carbons (Fsp3) is 0.182. The van der Waals surface area contributed by atoms with E-state index in [4.69, 9.17) is 0 Å². The molecule has 3 rings (SSSR count).